The van der Waals surface area contributed by atoms with Crippen molar-refractivity contribution in [1.82, 2.24) is 4.90 Å². The van der Waals surface area contributed by atoms with Crippen molar-refractivity contribution in [3.05, 3.63) is 20.8 Å². The molecule has 0 fully saturated rings. The van der Waals surface area contributed by atoms with E-state index in [9.17, 15) is 0 Å². The van der Waals surface area contributed by atoms with Gasteiger partial charge in [0.05, 0.1) is 0 Å². The molecule has 1 aromatic rings. The van der Waals surface area contributed by atoms with Crippen LogP contribution in [0.15, 0.2) is 15.9 Å². The molecule has 0 bridgehead atoms. The van der Waals surface area contributed by atoms with Crippen LogP contribution in [0.1, 0.15) is 11.3 Å². The second-order valence-corrected chi connectivity index (χ2v) is 5.60. The van der Waals surface area contributed by atoms with Crippen LogP contribution in [0, 0.1) is 0 Å². The molecule has 1 heterocycles. The predicted molar refractivity (Wildman–Crippen MR) is 66.9 cm³/mol. The molecular formula is C10H17BrN2S. The van der Waals surface area contributed by atoms with E-state index in [1.54, 1.807) is 11.3 Å². The molecule has 0 aliphatic carbocycles. The molecule has 4 heteroatoms. The fraction of sp³-hybridized carbons (Fsp3) is 0.600. The minimum Gasteiger partial charge on any atom is -0.327 e. The Morgan fingerprint density at radius 2 is 2.29 bits per heavy atom. The van der Waals surface area contributed by atoms with Gasteiger partial charge in [-0.2, -0.15) is 0 Å². The average molecular weight is 277 g/mol. The Bertz CT molecular complexity index is 273. The van der Waals surface area contributed by atoms with Gasteiger partial charge in [0.2, 0.25) is 0 Å². The van der Waals surface area contributed by atoms with Crippen LogP contribution >= 0.6 is 27.3 Å². The average Bonchev–Trinajstić information content (AvgIpc) is 2.49. The molecule has 0 saturated carbocycles. The summed E-state index contributed by atoms with van der Waals surface area (Å²) in [5.74, 6) is 0. The quantitative estimate of drug-likeness (QED) is 0.895. The highest BCUT2D eigenvalue weighted by molar-refractivity contribution is 9.10. The van der Waals surface area contributed by atoms with Gasteiger partial charge in [0.15, 0.2) is 0 Å². The number of nitrogens with two attached hydrogens (primary N) is 1. The van der Waals surface area contributed by atoms with Crippen molar-refractivity contribution in [1.29, 1.82) is 0 Å². The molecule has 2 nitrogen and oxygen atoms in total. The fourth-order valence-electron chi connectivity index (χ4n) is 1.23. The molecule has 1 atom stereocenters. The maximum atomic E-state index is 6.04. The zero-order chi connectivity index (χ0) is 10.6. The molecular weight excluding hydrogens is 260 g/mol. The van der Waals surface area contributed by atoms with E-state index in [-0.39, 0.29) is 6.04 Å². The van der Waals surface area contributed by atoms with E-state index < -0.39 is 0 Å². The highest BCUT2D eigenvalue weighted by Crippen LogP contribution is 2.23. The smallest absolute Gasteiger partial charge is 0.0314 e. The lowest BCUT2D eigenvalue weighted by Gasteiger charge is -2.14. The minimum atomic E-state index is 0.271. The fourth-order valence-corrected chi connectivity index (χ4v) is 2.84. The van der Waals surface area contributed by atoms with Crippen molar-refractivity contribution in [3.63, 3.8) is 0 Å². The first kappa shape index (κ1) is 12.2. The Morgan fingerprint density at radius 1 is 1.57 bits per heavy atom. The van der Waals surface area contributed by atoms with Gasteiger partial charge >= 0.3 is 0 Å². The third-order valence-electron chi connectivity index (χ3n) is 2.09. The molecule has 1 aromatic heterocycles. The van der Waals surface area contributed by atoms with Gasteiger partial charge < -0.3 is 10.6 Å². The molecule has 0 aliphatic heterocycles. The van der Waals surface area contributed by atoms with Crippen LogP contribution in [0.4, 0.5) is 0 Å². The monoisotopic (exact) mass is 276 g/mol. The van der Waals surface area contributed by atoms with E-state index >= 15 is 0 Å². The molecule has 80 valence electrons. The van der Waals surface area contributed by atoms with Gasteiger partial charge in [0.1, 0.15) is 0 Å². The number of rotatable bonds is 5. The number of hydrogen-bond donors (Lipinski definition) is 1. The maximum Gasteiger partial charge on any atom is 0.0314 e. The van der Waals surface area contributed by atoms with E-state index in [1.807, 2.05) is 0 Å². The summed E-state index contributed by atoms with van der Waals surface area (Å²) in [6.45, 7) is 1.06. The topological polar surface area (TPSA) is 29.3 Å². The summed E-state index contributed by atoms with van der Waals surface area (Å²) >= 11 is 5.29. The van der Waals surface area contributed by atoms with Gasteiger partial charge in [-0.25, -0.2) is 0 Å². The largest absolute Gasteiger partial charge is 0.327 e. The second-order valence-electron chi connectivity index (χ2n) is 3.75. The van der Waals surface area contributed by atoms with Crippen LogP contribution in [0.25, 0.3) is 0 Å². The minimum absolute atomic E-state index is 0.271. The summed E-state index contributed by atoms with van der Waals surface area (Å²) in [6, 6.07) is 2.35. The van der Waals surface area contributed by atoms with Gasteiger partial charge in [-0.15, -0.1) is 11.3 Å². The Hall–Kier alpha value is 0.100. The van der Waals surface area contributed by atoms with E-state index in [1.165, 1.54) is 9.35 Å². The summed E-state index contributed by atoms with van der Waals surface area (Å²) < 4.78 is 1.20. The van der Waals surface area contributed by atoms with Crippen LogP contribution < -0.4 is 5.73 Å². The van der Waals surface area contributed by atoms with Gasteiger partial charge in [0.25, 0.3) is 0 Å². The molecule has 0 amide bonds. The van der Waals surface area contributed by atoms with E-state index in [4.69, 9.17) is 5.73 Å². The SMILES string of the molecule is CN(C)CCC(N)Cc1sccc1Br. The van der Waals surface area contributed by atoms with E-state index in [0.717, 1.165) is 19.4 Å². The lowest BCUT2D eigenvalue weighted by atomic mass is 10.1. The van der Waals surface area contributed by atoms with Crippen LogP contribution in [-0.2, 0) is 6.42 Å². The standard InChI is InChI=1S/C10H17BrN2S/c1-13(2)5-3-8(12)7-10-9(11)4-6-14-10/h4,6,8H,3,5,7,12H2,1-2H3. The predicted octanol–water partition coefficient (Wildman–Crippen LogP) is 2.33. The molecule has 14 heavy (non-hydrogen) atoms. The zero-order valence-corrected chi connectivity index (χ0v) is 11.1. The Balaban J connectivity index is 2.34. The van der Waals surface area contributed by atoms with E-state index in [0.29, 0.717) is 0 Å². The van der Waals surface area contributed by atoms with Crippen molar-refractivity contribution in [3.8, 4) is 0 Å². The van der Waals surface area contributed by atoms with Gasteiger partial charge in [-0.3, -0.25) is 0 Å². The summed E-state index contributed by atoms with van der Waals surface area (Å²) in [5, 5.41) is 2.10. The Morgan fingerprint density at radius 3 is 2.79 bits per heavy atom. The molecule has 0 saturated heterocycles. The first-order valence-electron chi connectivity index (χ1n) is 4.71. The molecule has 0 radical (unpaired) electrons. The number of nitrogens with zero attached hydrogens (tertiary/aromatic N) is 1. The third kappa shape index (κ3) is 4.09. The summed E-state index contributed by atoms with van der Waals surface area (Å²) in [6.07, 6.45) is 2.03. The van der Waals surface area contributed by atoms with E-state index in [2.05, 4.69) is 46.4 Å². The Labute approximate surface area is 98.2 Å². The summed E-state index contributed by atoms with van der Waals surface area (Å²) in [5.41, 5.74) is 6.04. The summed E-state index contributed by atoms with van der Waals surface area (Å²) in [7, 11) is 4.15. The third-order valence-corrected chi connectivity index (χ3v) is 4.03. The first-order chi connectivity index (χ1) is 6.59. The lowest BCUT2D eigenvalue weighted by molar-refractivity contribution is 0.380. The van der Waals surface area contributed by atoms with Gasteiger partial charge in [-0.1, -0.05) is 0 Å². The van der Waals surface area contributed by atoms with Crippen molar-refractivity contribution < 1.29 is 0 Å². The maximum absolute atomic E-state index is 6.04. The van der Waals surface area contributed by atoms with Crippen molar-refractivity contribution in [2.24, 2.45) is 5.73 Å². The van der Waals surface area contributed by atoms with Crippen LogP contribution in [0.5, 0.6) is 0 Å². The van der Waals surface area contributed by atoms with Crippen LogP contribution in [-0.4, -0.2) is 31.6 Å². The number of hydrogen-bond acceptors (Lipinski definition) is 3. The molecule has 0 aliphatic rings. The number of thiophene rings is 1. The van der Waals surface area contributed by atoms with Crippen LogP contribution in [0.2, 0.25) is 0 Å². The zero-order valence-electron chi connectivity index (χ0n) is 8.66. The normalized spacial score (nSPS) is 13.5. The molecule has 1 rings (SSSR count). The first-order valence-corrected chi connectivity index (χ1v) is 6.39. The highest BCUT2D eigenvalue weighted by atomic mass is 79.9. The molecule has 0 aromatic carbocycles. The van der Waals surface area contributed by atoms with Crippen molar-refractivity contribution in [2.75, 3.05) is 20.6 Å². The lowest BCUT2D eigenvalue weighted by Crippen LogP contribution is -2.27. The second kappa shape index (κ2) is 5.85. The molecule has 0 spiro atoms. The summed E-state index contributed by atoms with van der Waals surface area (Å²) in [4.78, 5) is 3.53. The molecule has 2 N–H and O–H groups in total. The van der Waals surface area contributed by atoms with Gasteiger partial charge in [-0.05, 0) is 60.9 Å². The van der Waals surface area contributed by atoms with Gasteiger partial charge in [0, 0.05) is 15.4 Å². The van der Waals surface area contributed by atoms with Crippen molar-refractivity contribution >= 4 is 27.3 Å². The molecule has 1 unspecified atom stereocenters. The van der Waals surface area contributed by atoms with Crippen LogP contribution in [0.3, 0.4) is 0 Å². The Kier molecular flexibility index (Phi) is 5.09. The highest BCUT2D eigenvalue weighted by Gasteiger charge is 2.08. The van der Waals surface area contributed by atoms with Crippen molar-refractivity contribution in [2.45, 2.75) is 18.9 Å². The number of halogens is 1.